The highest BCUT2D eigenvalue weighted by molar-refractivity contribution is 6.00. The van der Waals surface area contributed by atoms with Gasteiger partial charge in [-0.25, -0.2) is 0 Å². The molecule has 2 fully saturated rings. The summed E-state index contributed by atoms with van der Waals surface area (Å²) in [4.78, 5) is 4.74. The Hall–Kier alpha value is -6.28. The molecule has 2 aliphatic heterocycles. The highest BCUT2D eigenvalue weighted by atomic mass is 16.5. The van der Waals surface area contributed by atoms with Crippen LogP contribution in [-0.2, 0) is 32.2 Å². The Kier molecular flexibility index (Phi) is 13.0. The molecule has 6 heteroatoms. The molecule has 0 amide bonds. The molecule has 0 N–H and O–H groups in total. The second-order valence-electron chi connectivity index (χ2n) is 18.6. The second kappa shape index (κ2) is 19.7. The van der Waals surface area contributed by atoms with Crippen molar-refractivity contribution in [3.63, 3.8) is 0 Å². The third-order valence-electron chi connectivity index (χ3n) is 13.5. The molecule has 0 aromatic heterocycles. The van der Waals surface area contributed by atoms with Crippen LogP contribution < -0.4 is 9.80 Å². The van der Waals surface area contributed by atoms with Gasteiger partial charge < -0.3 is 28.7 Å². The van der Waals surface area contributed by atoms with E-state index in [1.54, 1.807) is 0 Å². The van der Waals surface area contributed by atoms with E-state index in [1.165, 1.54) is 32.7 Å². The topological polar surface area (TPSA) is 43.4 Å². The quantitative estimate of drug-likeness (QED) is 0.0806. The van der Waals surface area contributed by atoms with Crippen LogP contribution in [0.4, 0.5) is 34.1 Å². The minimum atomic E-state index is 0.179. The molecule has 0 spiro atoms. The molecule has 8 aromatic rings. The zero-order chi connectivity index (χ0) is 44.8. The first-order valence-electron chi connectivity index (χ1n) is 23.8. The molecule has 8 aromatic carbocycles. The molecule has 0 radical (unpaired) electrons. The lowest BCUT2D eigenvalue weighted by molar-refractivity contribution is -0.155. The van der Waals surface area contributed by atoms with E-state index < -0.39 is 0 Å². The fourth-order valence-electron chi connectivity index (χ4n) is 9.96. The molecule has 2 saturated heterocycles. The molecule has 66 heavy (non-hydrogen) atoms. The first-order chi connectivity index (χ1) is 32.5. The Labute approximate surface area is 390 Å². The van der Waals surface area contributed by atoms with Crippen molar-refractivity contribution in [3.8, 4) is 11.1 Å². The maximum atomic E-state index is 6.28. The van der Waals surface area contributed by atoms with Crippen molar-refractivity contribution in [2.75, 3.05) is 49.4 Å². The van der Waals surface area contributed by atoms with E-state index in [-0.39, 0.29) is 10.8 Å². The fraction of sp³-hybridized carbons (Fsp3) is 0.267. The van der Waals surface area contributed by atoms with Gasteiger partial charge in [0.1, 0.15) is 0 Å². The summed E-state index contributed by atoms with van der Waals surface area (Å²) in [6.07, 6.45) is 4.58. The normalized spacial score (nSPS) is 15.0. The molecule has 2 heterocycles. The molecule has 0 atom stereocenters. The number of ether oxygens (including phenoxy) is 4. The van der Waals surface area contributed by atoms with E-state index in [2.05, 4.69) is 206 Å². The van der Waals surface area contributed by atoms with Crippen LogP contribution in [0.3, 0.4) is 0 Å². The summed E-state index contributed by atoms with van der Waals surface area (Å²) < 4.78 is 23.7. The van der Waals surface area contributed by atoms with Gasteiger partial charge in [-0.1, -0.05) is 148 Å². The molecule has 2 aliphatic rings. The van der Waals surface area contributed by atoms with Crippen molar-refractivity contribution in [2.45, 2.75) is 52.7 Å². The van der Waals surface area contributed by atoms with Crippen LogP contribution in [0, 0.1) is 10.8 Å². The van der Waals surface area contributed by atoms with Crippen molar-refractivity contribution in [2.24, 2.45) is 10.8 Å². The first-order valence-corrected chi connectivity index (χ1v) is 23.8. The Bertz CT molecular complexity index is 2640. The van der Waals surface area contributed by atoms with Gasteiger partial charge in [0.25, 0.3) is 0 Å². The van der Waals surface area contributed by atoms with Crippen LogP contribution in [0.25, 0.3) is 32.7 Å². The Morgan fingerprint density at radius 1 is 0.409 bits per heavy atom. The molecule has 10 rings (SSSR count). The Morgan fingerprint density at radius 3 is 1.11 bits per heavy atom. The molecular weight excluding hydrogens is 813 g/mol. The van der Waals surface area contributed by atoms with E-state index in [1.807, 2.05) is 0 Å². The minimum Gasteiger partial charge on any atom is -0.380 e. The van der Waals surface area contributed by atoms with Gasteiger partial charge in [-0.3, -0.25) is 0 Å². The number of rotatable bonds is 19. The van der Waals surface area contributed by atoms with Gasteiger partial charge in [0.05, 0.1) is 64.2 Å². The van der Waals surface area contributed by atoms with Crippen LogP contribution in [0.15, 0.2) is 182 Å². The highest BCUT2D eigenvalue weighted by Gasteiger charge is 2.38. The zero-order valence-corrected chi connectivity index (χ0v) is 38.3. The van der Waals surface area contributed by atoms with Gasteiger partial charge in [0.15, 0.2) is 0 Å². The molecule has 0 saturated carbocycles. The molecule has 0 aliphatic carbocycles. The number of anilines is 6. The standard InChI is InChI=1S/C60H60N2O4/c1-3-35-59(41-65-42-59)39-63-37-45-19-27-51(28-20-45)61(57-17-9-13-49-11-5-7-15-55(49)57)53-31-23-47(24-32-53)48-25-33-54(34-26-48)62(58-18-10-14-50-12-6-8-16-56(50)58)52-29-21-46(22-30-52)38-64-40-60(36-4-2)43-66-44-60/h5-34H,3-4,35-44H2,1-2H3. The van der Waals surface area contributed by atoms with Gasteiger partial charge in [-0.05, 0) is 107 Å². The number of nitrogens with zero attached hydrogens (tertiary/aromatic N) is 2. The van der Waals surface area contributed by atoms with Gasteiger partial charge in [0.2, 0.25) is 0 Å². The molecule has 334 valence electrons. The monoisotopic (exact) mass is 872 g/mol. The summed E-state index contributed by atoms with van der Waals surface area (Å²) in [7, 11) is 0. The predicted octanol–water partition coefficient (Wildman–Crippen LogP) is 15.3. The van der Waals surface area contributed by atoms with Crippen LogP contribution in [0.2, 0.25) is 0 Å². The van der Waals surface area contributed by atoms with Gasteiger partial charge in [-0.15, -0.1) is 0 Å². The van der Waals surface area contributed by atoms with E-state index in [9.17, 15) is 0 Å². The van der Waals surface area contributed by atoms with E-state index in [0.717, 1.165) is 111 Å². The maximum Gasteiger partial charge on any atom is 0.0717 e. The highest BCUT2D eigenvalue weighted by Crippen LogP contribution is 2.42. The Morgan fingerprint density at radius 2 is 0.758 bits per heavy atom. The van der Waals surface area contributed by atoms with E-state index >= 15 is 0 Å². The van der Waals surface area contributed by atoms with Crippen molar-refractivity contribution < 1.29 is 18.9 Å². The van der Waals surface area contributed by atoms with Crippen molar-refractivity contribution in [1.29, 1.82) is 0 Å². The third-order valence-corrected chi connectivity index (χ3v) is 13.5. The lowest BCUT2D eigenvalue weighted by Crippen LogP contribution is -2.46. The maximum absolute atomic E-state index is 6.28. The summed E-state index contributed by atoms with van der Waals surface area (Å²) in [5.41, 5.74) is 11.7. The fourth-order valence-corrected chi connectivity index (χ4v) is 9.96. The lowest BCUT2D eigenvalue weighted by Gasteiger charge is -2.41. The first kappa shape index (κ1) is 43.6. The summed E-state index contributed by atoms with van der Waals surface area (Å²) in [6.45, 7) is 10.3. The second-order valence-corrected chi connectivity index (χ2v) is 18.6. The van der Waals surface area contributed by atoms with Gasteiger partial charge in [-0.2, -0.15) is 0 Å². The van der Waals surface area contributed by atoms with Gasteiger partial charge in [0, 0.05) is 44.4 Å². The van der Waals surface area contributed by atoms with E-state index in [0.29, 0.717) is 13.2 Å². The average molecular weight is 873 g/mol. The van der Waals surface area contributed by atoms with Crippen LogP contribution in [0.5, 0.6) is 0 Å². The smallest absolute Gasteiger partial charge is 0.0717 e. The van der Waals surface area contributed by atoms with Crippen LogP contribution in [-0.4, -0.2) is 39.6 Å². The van der Waals surface area contributed by atoms with Crippen molar-refractivity contribution >= 4 is 55.7 Å². The summed E-state index contributed by atoms with van der Waals surface area (Å²) in [5, 5.41) is 4.82. The van der Waals surface area contributed by atoms with Gasteiger partial charge >= 0.3 is 0 Å². The predicted molar refractivity (Wildman–Crippen MR) is 272 cm³/mol. The SMILES string of the molecule is CCCC1(COCc2ccc(N(c3ccc(-c4ccc(N(c5ccc(COCC6(CCC)COC6)cc5)c5cccc6ccccc56)cc4)cc3)c3cccc4ccccc34)cc2)COC1. The zero-order valence-electron chi connectivity index (χ0n) is 38.3. The molecular formula is C60H60N2O4. The number of fused-ring (bicyclic) bond motifs is 2. The van der Waals surface area contributed by atoms with Crippen LogP contribution in [0.1, 0.15) is 50.7 Å². The minimum absolute atomic E-state index is 0.179. The average Bonchev–Trinajstić information content (AvgIpc) is 3.34. The van der Waals surface area contributed by atoms with Crippen LogP contribution >= 0.6 is 0 Å². The lowest BCUT2D eigenvalue weighted by atomic mass is 9.82. The number of hydrogen-bond acceptors (Lipinski definition) is 6. The van der Waals surface area contributed by atoms with Crippen molar-refractivity contribution in [1.82, 2.24) is 0 Å². The molecule has 0 unspecified atom stereocenters. The molecule has 6 nitrogen and oxygen atoms in total. The van der Waals surface area contributed by atoms with E-state index in [4.69, 9.17) is 18.9 Å². The number of hydrogen-bond donors (Lipinski definition) is 0. The summed E-state index contributed by atoms with van der Waals surface area (Å²) in [5.74, 6) is 0. The largest absolute Gasteiger partial charge is 0.380 e. The van der Waals surface area contributed by atoms with Crippen molar-refractivity contribution in [3.05, 3.63) is 193 Å². The number of benzene rings is 8. The summed E-state index contributed by atoms with van der Waals surface area (Å²) in [6, 6.07) is 66.0. The Balaban J connectivity index is 0.910. The summed E-state index contributed by atoms with van der Waals surface area (Å²) >= 11 is 0. The molecule has 0 bridgehead atoms. The third kappa shape index (κ3) is 9.25.